The summed E-state index contributed by atoms with van der Waals surface area (Å²) in [5.41, 5.74) is 1.68. The van der Waals surface area contributed by atoms with E-state index < -0.39 is 0 Å². The third-order valence-corrected chi connectivity index (χ3v) is 1.23. The van der Waals surface area contributed by atoms with Gasteiger partial charge in [0.05, 0.1) is 11.1 Å². The second-order valence-corrected chi connectivity index (χ2v) is 2.07. The van der Waals surface area contributed by atoms with Gasteiger partial charge >= 0.3 is 0 Å². The zero-order valence-corrected chi connectivity index (χ0v) is 6.47. The molecule has 0 radical (unpaired) electrons. The van der Waals surface area contributed by atoms with Gasteiger partial charge < -0.3 is 5.32 Å². The predicted molar refractivity (Wildman–Crippen MR) is 45.4 cm³/mol. The maximum atomic E-state index is 11.0. The van der Waals surface area contributed by atoms with Crippen LogP contribution in [0.5, 0.6) is 0 Å². The van der Waals surface area contributed by atoms with Crippen molar-refractivity contribution in [3.63, 3.8) is 0 Å². The topological polar surface area (TPSA) is 42.0 Å². The molecule has 0 saturated heterocycles. The molecule has 0 saturated carbocycles. The quantitative estimate of drug-likeness (QED) is 0.660. The van der Waals surface area contributed by atoms with Gasteiger partial charge in [-0.2, -0.15) is 0 Å². The van der Waals surface area contributed by atoms with E-state index in [4.69, 9.17) is 0 Å². The molecule has 0 atom stereocenters. The van der Waals surface area contributed by atoms with Crippen molar-refractivity contribution in [3.8, 4) is 0 Å². The summed E-state index contributed by atoms with van der Waals surface area (Å²) in [5, 5.41) is 2.37. The molecule has 0 aliphatic rings. The molecule has 1 aromatic heterocycles. The Hall–Kier alpha value is -1.29. The number of nitrogens with one attached hydrogen (secondary N) is 1. The summed E-state index contributed by atoms with van der Waals surface area (Å²) in [4.78, 5) is 14.8. The average Bonchev–Trinajstić information content (AvgIpc) is 2.07. The second kappa shape index (κ2) is 3.78. The molecule has 0 aliphatic heterocycles. The fraction of sp³-hybridized carbons (Fsp3) is 0. The number of nitrogens with zero attached hydrogens (tertiary/aromatic N) is 1. The summed E-state index contributed by atoms with van der Waals surface area (Å²) in [7, 11) is 0. The highest BCUT2D eigenvalue weighted by Gasteiger charge is 2.00. The van der Waals surface area contributed by atoms with Gasteiger partial charge in [0.2, 0.25) is 0 Å². The molecule has 1 aromatic rings. The minimum atomic E-state index is -0.229. The summed E-state index contributed by atoms with van der Waals surface area (Å²) < 4.78 is 0. The van der Waals surface area contributed by atoms with Crippen molar-refractivity contribution in [1.82, 2.24) is 10.3 Å². The van der Waals surface area contributed by atoms with Crippen LogP contribution in [0.2, 0.25) is 0 Å². The first kappa shape index (κ1) is 7.81. The van der Waals surface area contributed by atoms with E-state index in [1.54, 1.807) is 18.3 Å². The van der Waals surface area contributed by atoms with Gasteiger partial charge in [-0.15, -0.1) is 0 Å². The Morgan fingerprint density at radius 2 is 2.55 bits per heavy atom. The Labute approximate surface area is 69.5 Å². The molecule has 56 valence electrons. The van der Waals surface area contributed by atoms with E-state index in [9.17, 15) is 4.79 Å². The van der Waals surface area contributed by atoms with Crippen molar-refractivity contribution in [2.75, 3.05) is 0 Å². The number of aromatic nitrogens is 1. The zero-order valence-electron chi connectivity index (χ0n) is 5.65. The van der Waals surface area contributed by atoms with Crippen LogP contribution >= 0.6 is 12.2 Å². The van der Waals surface area contributed by atoms with Crippen LogP contribution in [0.25, 0.3) is 0 Å². The van der Waals surface area contributed by atoms with Crippen LogP contribution in [-0.4, -0.2) is 16.4 Å². The molecular formula is C7H6N2OS. The molecule has 0 spiro atoms. The van der Waals surface area contributed by atoms with E-state index in [0.29, 0.717) is 5.56 Å². The van der Waals surface area contributed by atoms with Crippen molar-refractivity contribution in [2.45, 2.75) is 0 Å². The monoisotopic (exact) mass is 166 g/mol. The summed E-state index contributed by atoms with van der Waals surface area (Å²) in [6.45, 7) is 0. The number of amides is 1. The fourth-order valence-corrected chi connectivity index (χ4v) is 0.741. The lowest BCUT2D eigenvalue weighted by Crippen LogP contribution is -2.20. The number of thiocarbonyl (C=S) groups is 1. The minimum Gasteiger partial charge on any atom is -0.319 e. The summed E-state index contributed by atoms with van der Waals surface area (Å²) in [6, 6.07) is 3.36. The maximum absolute atomic E-state index is 11.0. The van der Waals surface area contributed by atoms with Crippen molar-refractivity contribution < 1.29 is 4.79 Å². The average molecular weight is 166 g/mol. The number of carbonyl (C=O) groups excluding carboxylic acids is 1. The molecule has 1 heterocycles. The molecule has 0 aliphatic carbocycles. The van der Waals surface area contributed by atoms with E-state index in [2.05, 4.69) is 22.5 Å². The maximum Gasteiger partial charge on any atom is 0.257 e. The van der Waals surface area contributed by atoms with Crippen LogP contribution in [0, 0.1) is 0 Å². The van der Waals surface area contributed by atoms with Crippen LogP contribution in [0.1, 0.15) is 10.4 Å². The van der Waals surface area contributed by atoms with E-state index in [1.807, 2.05) is 0 Å². The highest BCUT2D eigenvalue weighted by atomic mass is 32.1. The first-order chi connectivity index (χ1) is 5.34. The first-order valence-electron chi connectivity index (χ1n) is 2.99. The Morgan fingerprint density at radius 1 is 1.73 bits per heavy atom. The molecule has 0 fully saturated rings. The van der Waals surface area contributed by atoms with Gasteiger partial charge in [0.15, 0.2) is 0 Å². The molecule has 3 nitrogen and oxygen atoms in total. The Bertz CT molecular complexity index is 260. The lowest BCUT2D eigenvalue weighted by atomic mass is 10.3. The normalized spacial score (nSPS) is 8.73. The summed E-state index contributed by atoms with van der Waals surface area (Å²) in [5.74, 6) is -0.229. The molecular weight excluding hydrogens is 160 g/mol. The van der Waals surface area contributed by atoms with Gasteiger partial charge in [-0.25, -0.2) is 0 Å². The molecule has 0 aromatic carbocycles. The Kier molecular flexibility index (Phi) is 2.68. The summed E-state index contributed by atoms with van der Waals surface area (Å²) in [6.07, 6.45) is 3.09. The van der Waals surface area contributed by atoms with E-state index in [0.717, 1.165) is 0 Å². The Morgan fingerprint density at radius 3 is 3.09 bits per heavy atom. The predicted octanol–water partition coefficient (Wildman–Crippen LogP) is 0.769. The van der Waals surface area contributed by atoms with Gasteiger partial charge in [-0.3, -0.25) is 9.78 Å². The van der Waals surface area contributed by atoms with E-state index >= 15 is 0 Å². The minimum absolute atomic E-state index is 0.229. The third-order valence-electron chi connectivity index (χ3n) is 1.11. The summed E-state index contributed by atoms with van der Waals surface area (Å²) >= 11 is 4.45. The van der Waals surface area contributed by atoms with Gasteiger partial charge in [0.25, 0.3) is 5.91 Å². The van der Waals surface area contributed by atoms with Crippen LogP contribution in [0.4, 0.5) is 0 Å². The highest BCUT2D eigenvalue weighted by Crippen LogP contribution is 1.93. The van der Waals surface area contributed by atoms with Crippen LogP contribution in [0.15, 0.2) is 24.5 Å². The number of hydrogen-bond acceptors (Lipinski definition) is 3. The van der Waals surface area contributed by atoms with E-state index in [1.165, 1.54) is 11.7 Å². The van der Waals surface area contributed by atoms with Gasteiger partial charge in [0.1, 0.15) is 0 Å². The van der Waals surface area contributed by atoms with Crippen molar-refractivity contribution >= 4 is 23.6 Å². The van der Waals surface area contributed by atoms with E-state index in [-0.39, 0.29) is 5.91 Å². The zero-order chi connectivity index (χ0) is 8.10. The molecule has 0 bridgehead atoms. The van der Waals surface area contributed by atoms with Crippen molar-refractivity contribution in [2.24, 2.45) is 0 Å². The molecule has 1 N–H and O–H groups in total. The van der Waals surface area contributed by atoms with Crippen LogP contribution < -0.4 is 5.32 Å². The molecule has 11 heavy (non-hydrogen) atoms. The number of carbonyl (C=O) groups is 1. The SMILES string of the molecule is O=C(NC=S)c1cccnc1. The van der Waals surface area contributed by atoms with Crippen molar-refractivity contribution in [1.29, 1.82) is 0 Å². The number of rotatable bonds is 2. The number of hydrogen-bond donors (Lipinski definition) is 1. The van der Waals surface area contributed by atoms with Crippen molar-refractivity contribution in [3.05, 3.63) is 30.1 Å². The smallest absolute Gasteiger partial charge is 0.257 e. The van der Waals surface area contributed by atoms with Gasteiger partial charge in [-0.05, 0) is 12.1 Å². The highest BCUT2D eigenvalue weighted by molar-refractivity contribution is 7.78. The lowest BCUT2D eigenvalue weighted by molar-refractivity contribution is 0.0979. The molecule has 0 unspecified atom stereocenters. The molecule has 1 rings (SSSR count). The largest absolute Gasteiger partial charge is 0.319 e. The second-order valence-electron chi connectivity index (χ2n) is 1.83. The van der Waals surface area contributed by atoms with Crippen LogP contribution in [0.3, 0.4) is 0 Å². The van der Waals surface area contributed by atoms with Gasteiger partial charge in [-0.1, -0.05) is 12.2 Å². The fourth-order valence-electron chi connectivity index (χ4n) is 0.634. The number of pyridine rings is 1. The lowest BCUT2D eigenvalue weighted by Gasteiger charge is -1.95. The molecule has 1 amide bonds. The van der Waals surface area contributed by atoms with Gasteiger partial charge in [0, 0.05) is 12.4 Å². The molecule has 4 heteroatoms. The first-order valence-corrected chi connectivity index (χ1v) is 3.46. The Balaban J connectivity index is 2.77. The van der Waals surface area contributed by atoms with Crippen LogP contribution in [-0.2, 0) is 0 Å². The third kappa shape index (κ3) is 2.09. The standard InChI is InChI=1S/C7H6N2OS/c10-7(9-5-11)6-2-1-3-8-4-6/h1-5H,(H,9,10,11).